The van der Waals surface area contributed by atoms with E-state index in [0.717, 1.165) is 12.3 Å². The van der Waals surface area contributed by atoms with Crippen LogP contribution in [0.4, 0.5) is 0 Å². The van der Waals surface area contributed by atoms with Crippen LogP contribution in [0.2, 0.25) is 0 Å². The van der Waals surface area contributed by atoms with Crippen LogP contribution in [-0.4, -0.2) is 0 Å². The first-order valence-corrected chi connectivity index (χ1v) is 13.1. The van der Waals surface area contributed by atoms with Gasteiger partial charge in [-0.15, -0.1) is 0 Å². The molecule has 0 amide bonds. The van der Waals surface area contributed by atoms with Gasteiger partial charge in [0.1, 0.15) is 0 Å². The molecule has 0 bridgehead atoms. The van der Waals surface area contributed by atoms with Crippen LogP contribution in [-0.2, 0) is 0 Å². The Balaban J connectivity index is 3.27. The van der Waals surface area contributed by atoms with Crippen LogP contribution in [0, 0.1) is 12.8 Å². The van der Waals surface area contributed by atoms with Crippen LogP contribution < -0.4 is 0 Å². The molecule has 0 aromatic heterocycles. The van der Waals surface area contributed by atoms with Gasteiger partial charge in [-0.2, -0.15) is 0 Å². The maximum absolute atomic E-state index is 3.96. The molecule has 0 aromatic rings. The molecule has 1 atom stereocenters. The molecule has 0 aromatic carbocycles. The maximum Gasteiger partial charge on any atom is -0.0414 e. The quantitative estimate of drug-likeness (QED) is 0.155. The molecule has 163 valence electrons. The monoisotopic (exact) mass is 379 g/mol. The lowest BCUT2D eigenvalue weighted by Crippen LogP contribution is -2.00. The first kappa shape index (κ1) is 27.0. The molecule has 0 saturated heterocycles. The van der Waals surface area contributed by atoms with Gasteiger partial charge in [-0.25, -0.2) is 0 Å². The third-order valence-electron chi connectivity index (χ3n) is 6.28. The summed E-state index contributed by atoms with van der Waals surface area (Å²) in [5.41, 5.74) is 0. The molecule has 1 unspecified atom stereocenters. The maximum atomic E-state index is 3.96. The molecular formula is C27H55. The fraction of sp³-hybridized carbons (Fsp3) is 0.963. The smallest absolute Gasteiger partial charge is 0.0414 e. The highest BCUT2D eigenvalue weighted by molar-refractivity contribution is 4.61. The zero-order chi connectivity index (χ0) is 19.8. The number of hydrogen-bond donors (Lipinski definition) is 0. The summed E-state index contributed by atoms with van der Waals surface area (Å²) in [6.45, 7) is 8.62. The molecule has 0 heterocycles. The van der Waals surface area contributed by atoms with E-state index in [4.69, 9.17) is 0 Å². The van der Waals surface area contributed by atoms with Crippen LogP contribution in [0.25, 0.3) is 0 Å². The minimum atomic E-state index is 1.02. The lowest BCUT2D eigenvalue weighted by Gasteiger charge is -2.15. The van der Waals surface area contributed by atoms with Gasteiger partial charge in [0, 0.05) is 0 Å². The second kappa shape index (κ2) is 24.0. The first-order chi connectivity index (χ1) is 13.3. The summed E-state index contributed by atoms with van der Waals surface area (Å²) >= 11 is 0. The van der Waals surface area contributed by atoms with Crippen LogP contribution in [0.1, 0.15) is 162 Å². The van der Waals surface area contributed by atoms with E-state index in [1.165, 1.54) is 141 Å². The molecule has 0 aliphatic heterocycles. The minimum Gasteiger partial charge on any atom is -0.0654 e. The van der Waals surface area contributed by atoms with E-state index >= 15 is 0 Å². The Bertz CT molecular complexity index is 244. The predicted molar refractivity (Wildman–Crippen MR) is 126 cm³/mol. The summed E-state index contributed by atoms with van der Waals surface area (Å²) < 4.78 is 0. The summed E-state index contributed by atoms with van der Waals surface area (Å²) in [5.74, 6) is 1.02. The molecule has 0 aliphatic carbocycles. The Labute approximate surface area is 174 Å². The standard InChI is InChI=1S/C27H55/c1-4-7-9-11-12-13-14-15-16-17-18-19-20-21-23-26-27(24-6-3)25-22-10-8-5-2/h27H,2,4-26H2,1,3H3. The summed E-state index contributed by atoms with van der Waals surface area (Å²) in [6, 6.07) is 0. The normalized spacial score (nSPS) is 12.6. The van der Waals surface area contributed by atoms with Crippen LogP contribution in [0.3, 0.4) is 0 Å². The second-order valence-corrected chi connectivity index (χ2v) is 9.10. The second-order valence-electron chi connectivity index (χ2n) is 9.10. The van der Waals surface area contributed by atoms with E-state index in [0.29, 0.717) is 0 Å². The summed E-state index contributed by atoms with van der Waals surface area (Å²) in [7, 11) is 0. The summed E-state index contributed by atoms with van der Waals surface area (Å²) in [6.07, 6.45) is 33.2. The fourth-order valence-electron chi connectivity index (χ4n) is 4.43. The molecule has 0 rings (SSSR count). The average molecular weight is 380 g/mol. The van der Waals surface area contributed by atoms with E-state index in [-0.39, 0.29) is 0 Å². The van der Waals surface area contributed by atoms with E-state index in [1.807, 2.05) is 0 Å². The molecule has 0 saturated carbocycles. The molecule has 0 spiro atoms. The predicted octanol–water partition coefficient (Wildman–Crippen LogP) is 10.4. The van der Waals surface area contributed by atoms with Gasteiger partial charge < -0.3 is 0 Å². The summed E-state index contributed by atoms with van der Waals surface area (Å²) in [4.78, 5) is 0. The number of unbranched alkanes of at least 4 members (excludes halogenated alkanes) is 17. The van der Waals surface area contributed by atoms with E-state index < -0.39 is 0 Å². The van der Waals surface area contributed by atoms with Crippen LogP contribution in [0.15, 0.2) is 0 Å². The molecule has 0 heteroatoms. The molecule has 0 nitrogen and oxygen atoms in total. The highest BCUT2D eigenvalue weighted by Gasteiger charge is 2.07. The fourth-order valence-corrected chi connectivity index (χ4v) is 4.43. The Morgan fingerprint density at radius 3 is 1.15 bits per heavy atom. The van der Waals surface area contributed by atoms with Gasteiger partial charge in [-0.3, -0.25) is 0 Å². The van der Waals surface area contributed by atoms with E-state index in [9.17, 15) is 0 Å². The van der Waals surface area contributed by atoms with Crippen molar-refractivity contribution in [2.75, 3.05) is 0 Å². The third kappa shape index (κ3) is 22.2. The lowest BCUT2D eigenvalue weighted by atomic mass is 9.91. The van der Waals surface area contributed by atoms with Crippen LogP contribution >= 0.6 is 0 Å². The van der Waals surface area contributed by atoms with Gasteiger partial charge in [0.15, 0.2) is 0 Å². The molecule has 1 radical (unpaired) electrons. The van der Waals surface area contributed by atoms with Crippen molar-refractivity contribution in [1.29, 1.82) is 0 Å². The SMILES string of the molecule is [CH2]CCCCCC(CCC)CCCCCCCCCCCCCCCCC. The number of hydrogen-bond acceptors (Lipinski definition) is 0. The average Bonchev–Trinajstić information content (AvgIpc) is 2.68. The van der Waals surface area contributed by atoms with Gasteiger partial charge in [-0.1, -0.05) is 168 Å². The minimum absolute atomic E-state index is 1.02. The zero-order valence-corrected chi connectivity index (χ0v) is 19.5. The largest absolute Gasteiger partial charge is 0.0654 e. The topological polar surface area (TPSA) is 0 Å². The molecule has 0 aliphatic rings. The van der Waals surface area contributed by atoms with Crippen molar-refractivity contribution in [3.63, 3.8) is 0 Å². The molecule has 27 heavy (non-hydrogen) atoms. The van der Waals surface area contributed by atoms with Crippen molar-refractivity contribution < 1.29 is 0 Å². The first-order valence-electron chi connectivity index (χ1n) is 13.1. The Hall–Kier alpha value is 0. The number of rotatable bonds is 23. The van der Waals surface area contributed by atoms with Crippen molar-refractivity contribution >= 4 is 0 Å². The molecule has 0 fully saturated rings. The van der Waals surface area contributed by atoms with Crippen molar-refractivity contribution in [3.05, 3.63) is 6.92 Å². The van der Waals surface area contributed by atoms with Crippen LogP contribution in [0.5, 0.6) is 0 Å². The van der Waals surface area contributed by atoms with Gasteiger partial charge in [0.2, 0.25) is 0 Å². The van der Waals surface area contributed by atoms with Gasteiger partial charge in [0.25, 0.3) is 0 Å². The van der Waals surface area contributed by atoms with Crippen molar-refractivity contribution in [2.24, 2.45) is 5.92 Å². The highest BCUT2D eigenvalue weighted by atomic mass is 14.1. The molecule has 0 N–H and O–H groups in total. The van der Waals surface area contributed by atoms with Crippen molar-refractivity contribution in [3.8, 4) is 0 Å². The third-order valence-corrected chi connectivity index (χ3v) is 6.28. The Morgan fingerprint density at radius 2 is 0.778 bits per heavy atom. The van der Waals surface area contributed by atoms with E-state index in [1.54, 1.807) is 0 Å². The Morgan fingerprint density at radius 1 is 0.407 bits per heavy atom. The summed E-state index contributed by atoms with van der Waals surface area (Å²) in [5, 5.41) is 0. The van der Waals surface area contributed by atoms with Crippen molar-refractivity contribution in [1.82, 2.24) is 0 Å². The van der Waals surface area contributed by atoms with Crippen molar-refractivity contribution in [2.45, 2.75) is 162 Å². The van der Waals surface area contributed by atoms with Gasteiger partial charge in [0.05, 0.1) is 0 Å². The Kier molecular flexibility index (Phi) is 24.0. The van der Waals surface area contributed by atoms with Gasteiger partial charge >= 0.3 is 0 Å². The van der Waals surface area contributed by atoms with E-state index in [2.05, 4.69) is 20.8 Å². The van der Waals surface area contributed by atoms with Gasteiger partial charge in [-0.05, 0) is 5.92 Å². The highest BCUT2D eigenvalue weighted by Crippen LogP contribution is 2.23. The molecular weight excluding hydrogens is 324 g/mol. The lowest BCUT2D eigenvalue weighted by molar-refractivity contribution is 0.378. The zero-order valence-electron chi connectivity index (χ0n) is 19.5.